The van der Waals surface area contributed by atoms with Gasteiger partial charge in [0.1, 0.15) is 5.76 Å². The highest BCUT2D eigenvalue weighted by molar-refractivity contribution is 5.48. The number of aryl methyl sites for hydroxylation is 2. The average Bonchev–Trinajstić information content (AvgIpc) is 2.74. The van der Waals surface area contributed by atoms with Crippen LogP contribution < -0.4 is 5.73 Å². The zero-order chi connectivity index (χ0) is 12.4. The van der Waals surface area contributed by atoms with Crippen LogP contribution in [0.1, 0.15) is 29.6 Å². The van der Waals surface area contributed by atoms with E-state index in [2.05, 4.69) is 16.9 Å². The van der Waals surface area contributed by atoms with E-state index in [1.807, 2.05) is 26.0 Å². The number of hydrogen-bond donors (Lipinski definition) is 1. The standard InChI is InChI=1S/C13H17N3O/c1-4-10-9(3)15-13(16-11(10)7-14)12-6-5-8(2)17-12/h5-6H,4,7,14H2,1-3H3. The first-order valence-electron chi connectivity index (χ1n) is 5.79. The first-order chi connectivity index (χ1) is 8.15. The lowest BCUT2D eigenvalue weighted by Gasteiger charge is -2.09. The topological polar surface area (TPSA) is 64.9 Å². The first-order valence-corrected chi connectivity index (χ1v) is 5.79. The van der Waals surface area contributed by atoms with Crippen molar-refractivity contribution in [1.82, 2.24) is 9.97 Å². The fourth-order valence-corrected chi connectivity index (χ4v) is 1.95. The Bertz CT molecular complexity index is 531. The Labute approximate surface area is 101 Å². The van der Waals surface area contributed by atoms with E-state index in [1.165, 1.54) is 0 Å². The molecule has 0 aliphatic heterocycles. The summed E-state index contributed by atoms with van der Waals surface area (Å²) in [6.45, 7) is 6.40. The SMILES string of the molecule is CCc1c(C)nc(-c2ccc(C)o2)nc1CN. The summed E-state index contributed by atoms with van der Waals surface area (Å²) in [7, 11) is 0. The minimum atomic E-state index is 0.430. The maximum atomic E-state index is 5.73. The van der Waals surface area contributed by atoms with Gasteiger partial charge in [-0.1, -0.05) is 6.92 Å². The third kappa shape index (κ3) is 2.22. The Hall–Kier alpha value is -1.68. The molecule has 2 N–H and O–H groups in total. The Kier molecular flexibility index (Phi) is 3.24. The summed E-state index contributed by atoms with van der Waals surface area (Å²) in [6, 6.07) is 3.79. The fraction of sp³-hybridized carbons (Fsp3) is 0.385. The molecule has 0 spiro atoms. The summed E-state index contributed by atoms with van der Waals surface area (Å²) >= 11 is 0. The van der Waals surface area contributed by atoms with Gasteiger partial charge in [-0.25, -0.2) is 9.97 Å². The van der Waals surface area contributed by atoms with E-state index in [1.54, 1.807) is 0 Å². The summed E-state index contributed by atoms with van der Waals surface area (Å²) in [6.07, 6.45) is 0.899. The smallest absolute Gasteiger partial charge is 0.196 e. The number of furan rings is 1. The van der Waals surface area contributed by atoms with Crippen LogP contribution in [-0.4, -0.2) is 9.97 Å². The molecular weight excluding hydrogens is 214 g/mol. The molecule has 0 bridgehead atoms. The van der Waals surface area contributed by atoms with Gasteiger partial charge in [0.05, 0.1) is 5.69 Å². The lowest BCUT2D eigenvalue weighted by atomic mass is 10.1. The van der Waals surface area contributed by atoms with Gasteiger partial charge in [-0.05, 0) is 38.0 Å². The molecule has 0 atom stereocenters. The Balaban J connectivity index is 2.53. The van der Waals surface area contributed by atoms with E-state index in [4.69, 9.17) is 10.2 Å². The molecule has 0 fully saturated rings. The highest BCUT2D eigenvalue weighted by Crippen LogP contribution is 2.21. The number of rotatable bonds is 3. The molecule has 2 aromatic heterocycles. The lowest BCUT2D eigenvalue weighted by Crippen LogP contribution is -2.09. The van der Waals surface area contributed by atoms with Crippen LogP contribution in [0.3, 0.4) is 0 Å². The van der Waals surface area contributed by atoms with E-state index in [0.717, 1.165) is 29.1 Å². The van der Waals surface area contributed by atoms with Crippen LogP contribution in [0.4, 0.5) is 0 Å². The lowest BCUT2D eigenvalue weighted by molar-refractivity contribution is 0.543. The fourth-order valence-electron chi connectivity index (χ4n) is 1.95. The number of nitrogens with zero attached hydrogens (tertiary/aromatic N) is 2. The van der Waals surface area contributed by atoms with Crippen LogP contribution >= 0.6 is 0 Å². The predicted octanol–water partition coefficient (Wildman–Crippen LogP) is 2.37. The summed E-state index contributed by atoms with van der Waals surface area (Å²) in [5, 5.41) is 0. The van der Waals surface area contributed by atoms with Crippen LogP contribution in [0, 0.1) is 13.8 Å². The molecule has 0 saturated heterocycles. The van der Waals surface area contributed by atoms with Crippen LogP contribution in [0.2, 0.25) is 0 Å². The van der Waals surface area contributed by atoms with Crippen molar-refractivity contribution in [3.8, 4) is 11.6 Å². The van der Waals surface area contributed by atoms with Crippen LogP contribution in [0.25, 0.3) is 11.6 Å². The van der Waals surface area contributed by atoms with E-state index < -0.39 is 0 Å². The minimum absolute atomic E-state index is 0.430. The maximum Gasteiger partial charge on any atom is 0.196 e. The number of hydrogen-bond acceptors (Lipinski definition) is 4. The van der Waals surface area contributed by atoms with Gasteiger partial charge >= 0.3 is 0 Å². The molecular formula is C13H17N3O. The highest BCUT2D eigenvalue weighted by atomic mass is 16.3. The van der Waals surface area contributed by atoms with E-state index in [9.17, 15) is 0 Å². The molecule has 0 aliphatic carbocycles. The average molecular weight is 231 g/mol. The molecule has 4 heteroatoms. The predicted molar refractivity (Wildman–Crippen MR) is 66.5 cm³/mol. The molecule has 2 heterocycles. The van der Waals surface area contributed by atoms with Crippen molar-refractivity contribution in [3.63, 3.8) is 0 Å². The molecule has 0 aliphatic rings. The molecule has 2 rings (SSSR count). The molecule has 0 radical (unpaired) electrons. The van der Waals surface area contributed by atoms with Crippen molar-refractivity contribution in [2.75, 3.05) is 0 Å². The zero-order valence-electron chi connectivity index (χ0n) is 10.4. The third-order valence-corrected chi connectivity index (χ3v) is 2.81. The summed E-state index contributed by atoms with van der Waals surface area (Å²) < 4.78 is 5.53. The van der Waals surface area contributed by atoms with Crippen LogP contribution in [-0.2, 0) is 13.0 Å². The van der Waals surface area contributed by atoms with Crippen LogP contribution in [0.15, 0.2) is 16.5 Å². The zero-order valence-corrected chi connectivity index (χ0v) is 10.4. The second kappa shape index (κ2) is 4.67. The molecule has 0 unspecified atom stereocenters. The van der Waals surface area contributed by atoms with Gasteiger partial charge < -0.3 is 10.2 Å². The van der Waals surface area contributed by atoms with Crippen molar-refractivity contribution in [2.24, 2.45) is 5.73 Å². The molecule has 90 valence electrons. The molecule has 0 saturated carbocycles. The van der Waals surface area contributed by atoms with E-state index in [0.29, 0.717) is 18.1 Å². The number of aromatic nitrogens is 2. The van der Waals surface area contributed by atoms with E-state index >= 15 is 0 Å². The summed E-state index contributed by atoms with van der Waals surface area (Å²) in [5.74, 6) is 2.17. The number of nitrogens with two attached hydrogens (primary N) is 1. The minimum Gasteiger partial charge on any atom is -0.458 e. The highest BCUT2D eigenvalue weighted by Gasteiger charge is 2.12. The van der Waals surface area contributed by atoms with Gasteiger partial charge in [0.25, 0.3) is 0 Å². The van der Waals surface area contributed by atoms with Gasteiger partial charge in [-0.2, -0.15) is 0 Å². The van der Waals surface area contributed by atoms with E-state index in [-0.39, 0.29) is 0 Å². The molecule has 0 amide bonds. The molecule has 0 aromatic carbocycles. The molecule has 2 aromatic rings. The third-order valence-electron chi connectivity index (χ3n) is 2.81. The Morgan fingerprint density at radius 2 is 2.00 bits per heavy atom. The van der Waals surface area contributed by atoms with Crippen molar-refractivity contribution in [2.45, 2.75) is 33.7 Å². The van der Waals surface area contributed by atoms with Gasteiger partial charge in [-0.15, -0.1) is 0 Å². The van der Waals surface area contributed by atoms with Gasteiger partial charge in [0.2, 0.25) is 0 Å². The normalized spacial score (nSPS) is 10.8. The van der Waals surface area contributed by atoms with Crippen molar-refractivity contribution >= 4 is 0 Å². The summed E-state index contributed by atoms with van der Waals surface area (Å²) in [4.78, 5) is 8.95. The summed E-state index contributed by atoms with van der Waals surface area (Å²) in [5.41, 5.74) is 8.75. The monoisotopic (exact) mass is 231 g/mol. The first kappa shape index (κ1) is 11.8. The van der Waals surface area contributed by atoms with Gasteiger partial charge in [0, 0.05) is 12.2 Å². The Morgan fingerprint density at radius 3 is 2.53 bits per heavy atom. The van der Waals surface area contributed by atoms with Crippen molar-refractivity contribution in [3.05, 3.63) is 34.8 Å². The second-order valence-corrected chi connectivity index (χ2v) is 4.03. The van der Waals surface area contributed by atoms with Gasteiger partial charge in [-0.3, -0.25) is 0 Å². The largest absolute Gasteiger partial charge is 0.458 e. The Morgan fingerprint density at radius 1 is 1.24 bits per heavy atom. The van der Waals surface area contributed by atoms with Crippen molar-refractivity contribution < 1.29 is 4.42 Å². The van der Waals surface area contributed by atoms with Crippen molar-refractivity contribution in [1.29, 1.82) is 0 Å². The molecule has 17 heavy (non-hydrogen) atoms. The van der Waals surface area contributed by atoms with Crippen LogP contribution in [0.5, 0.6) is 0 Å². The quantitative estimate of drug-likeness (QED) is 0.880. The maximum absolute atomic E-state index is 5.73. The molecule has 4 nitrogen and oxygen atoms in total. The van der Waals surface area contributed by atoms with Gasteiger partial charge in [0.15, 0.2) is 11.6 Å². The second-order valence-electron chi connectivity index (χ2n) is 4.03.